The highest BCUT2D eigenvalue weighted by Gasteiger charge is 2.26. The number of rotatable bonds is 4. The first-order chi connectivity index (χ1) is 9.49. The van der Waals surface area contributed by atoms with Gasteiger partial charge < -0.3 is 10.4 Å². The fourth-order valence-corrected chi connectivity index (χ4v) is 2.96. The monoisotopic (exact) mass is 390 g/mol. The molecule has 7 heteroatoms. The Balaban J connectivity index is 2.05. The maximum Gasteiger partial charge on any atom is 0.270 e. The third-order valence-electron chi connectivity index (χ3n) is 3.55. The van der Waals surface area contributed by atoms with E-state index in [1.165, 1.54) is 12.1 Å². The molecule has 0 bridgehead atoms. The number of aliphatic hydroxyl groups is 1. The molecule has 1 aromatic carbocycles. The van der Waals surface area contributed by atoms with Gasteiger partial charge in [-0.05, 0) is 41.5 Å². The highest BCUT2D eigenvalue weighted by atomic mass is 127. The summed E-state index contributed by atoms with van der Waals surface area (Å²) < 4.78 is 0.665. The minimum absolute atomic E-state index is 0.0790. The molecule has 0 saturated heterocycles. The molecule has 108 valence electrons. The van der Waals surface area contributed by atoms with Gasteiger partial charge in [0, 0.05) is 28.2 Å². The lowest BCUT2D eigenvalue weighted by Crippen LogP contribution is -2.32. The van der Waals surface area contributed by atoms with Crippen molar-refractivity contribution in [2.24, 2.45) is 5.92 Å². The second-order valence-electron chi connectivity index (χ2n) is 4.89. The number of aliphatic hydroxyl groups excluding tert-OH is 1. The fraction of sp³-hybridized carbons (Fsp3) is 0.462. The molecule has 1 aliphatic rings. The molecular weight excluding hydrogens is 375 g/mol. The Bertz CT molecular complexity index is 535. The number of benzene rings is 1. The summed E-state index contributed by atoms with van der Waals surface area (Å²) >= 11 is 1.97. The van der Waals surface area contributed by atoms with Gasteiger partial charge in [-0.15, -0.1) is 0 Å². The van der Waals surface area contributed by atoms with Crippen molar-refractivity contribution in [3.05, 3.63) is 37.4 Å². The van der Waals surface area contributed by atoms with Gasteiger partial charge >= 0.3 is 0 Å². The zero-order valence-corrected chi connectivity index (χ0v) is 12.9. The SMILES string of the molecule is O=C(NCC1CCCC1O)c1cc([N+](=O)[O-])ccc1I. The molecule has 1 aromatic rings. The standard InChI is InChI=1S/C13H15IN2O4/c14-11-5-4-9(16(19)20)6-10(11)13(18)15-7-8-2-1-3-12(8)17/h4-6,8,12,17H,1-3,7H2,(H,15,18). The van der Waals surface area contributed by atoms with Crippen LogP contribution in [0.5, 0.6) is 0 Å². The molecular formula is C13H15IN2O4. The molecule has 0 spiro atoms. The van der Waals surface area contributed by atoms with Gasteiger partial charge in [0.2, 0.25) is 0 Å². The minimum Gasteiger partial charge on any atom is -0.393 e. The van der Waals surface area contributed by atoms with E-state index < -0.39 is 4.92 Å². The number of carbonyl (C=O) groups is 1. The molecule has 2 rings (SSSR count). The van der Waals surface area contributed by atoms with Gasteiger partial charge in [0.1, 0.15) is 0 Å². The van der Waals surface area contributed by atoms with Crippen molar-refractivity contribution in [1.82, 2.24) is 5.32 Å². The van der Waals surface area contributed by atoms with E-state index in [1.807, 2.05) is 22.6 Å². The Kier molecular flexibility index (Phi) is 4.92. The van der Waals surface area contributed by atoms with Crippen LogP contribution < -0.4 is 5.32 Å². The van der Waals surface area contributed by atoms with E-state index in [9.17, 15) is 20.0 Å². The van der Waals surface area contributed by atoms with E-state index in [2.05, 4.69) is 5.32 Å². The van der Waals surface area contributed by atoms with Crippen molar-refractivity contribution in [2.75, 3.05) is 6.54 Å². The fourth-order valence-electron chi connectivity index (χ4n) is 2.38. The third kappa shape index (κ3) is 3.45. The Morgan fingerprint density at radius 1 is 1.50 bits per heavy atom. The van der Waals surface area contributed by atoms with E-state index in [4.69, 9.17) is 0 Å². The highest BCUT2D eigenvalue weighted by Crippen LogP contribution is 2.25. The summed E-state index contributed by atoms with van der Waals surface area (Å²) in [6.07, 6.45) is 2.28. The van der Waals surface area contributed by atoms with Gasteiger partial charge in [0.15, 0.2) is 0 Å². The molecule has 0 radical (unpaired) electrons. The van der Waals surface area contributed by atoms with Crippen LogP contribution in [0.3, 0.4) is 0 Å². The number of nitro groups is 1. The van der Waals surface area contributed by atoms with Crippen LogP contribution in [0.25, 0.3) is 0 Å². The summed E-state index contributed by atoms with van der Waals surface area (Å²) in [5.74, 6) is -0.257. The quantitative estimate of drug-likeness (QED) is 0.468. The van der Waals surface area contributed by atoms with Crippen LogP contribution in [0.1, 0.15) is 29.6 Å². The predicted molar refractivity (Wildman–Crippen MR) is 81.5 cm³/mol. The Hall–Kier alpha value is -1.22. The number of nitro benzene ring substituents is 1. The summed E-state index contributed by atoms with van der Waals surface area (Å²) in [7, 11) is 0. The van der Waals surface area contributed by atoms with Gasteiger partial charge in [-0.2, -0.15) is 0 Å². The summed E-state index contributed by atoms with van der Waals surface area (Å²) in [6.45, 7) is 0.402. The van der Waals surface area contributed by atoms with Crippen LogP contribution in [-0.4, -0.2) is 28.6 Å². The lowest BCUT2D eigenvalue weighted by molar-refractivity contribution is -0.384. The lowest BCUT2D eigenvalue weighted by atomic mass is 10.1. The molecule has 2 N–H and O–H groups in total. The summed E-state index contributed by atoms with van der Waals surface area (Å²) in [4.78, 5) is 22.3. The highest BCUT2D eigenvalue weighted by molar-refractivity contribution is 14.1. The number of hydrogen-bond donors (Lipinski definition) is 2. The molecule has 2 atom stereocenters. The van der Waals surface area contributed by atoms with E-state index in [0.29, 0.717) is 15.7 Å². The number of amides is 1. The number of halogens is 1. The molecule has 0 aliphatic heterocycles. The first-order valence-corrected chi connectivity index (χ1v) is 7.47. The van der Waals surface area contributed by atoms with Crippen LogP contribution in [-0.2, 0) is 0 Å². The average Bonchev–Trinajstić information content (AvgIpc) is 2.81. The van der Waals surface area contributed by atoms with Crippen LogP contribution in [0.4, 0.5) is 5.69 Å². The molecule has 1 amide bonds. The maximum absolute atomic E-state index is 12.1. The van der Waals surface area contributed by atoms with Gasteiger partial charge in [-0.1, -0.05) is 6.42 Å². The van der Waals surface area contributed by atoms with Crippen molar-refractivity contribution < 1.29 is 14.8 Å². The van der Waals surface area contributed by atoms with Crippen molar-refractivity contribution in [1.29, 1.82) is 0 Å². The second-order valence-corrected chi connectivity index (χ2v) is 6.05. The number of carbonyl (C=O) groups excluding carboxylic acids is 1. The van der Waals surface area contributed by atoms with E-state index >= 15 is 0 Å². The third-order valence-corrected chi connectivity index (χ3v) is 4.49. The molecule has 20 heavy (non-hydrogen) atoms. The van der Waals surface area contributed by atoms with Crippen LogP contribution in [0, 0.1) is 19.6 Å². The van der Waals surface area contributed by atoms with Crippen molar-refractivity contribution in [3.8, 4) is 0 Å². The number of hydrogen-bond acceptors (Lipinski definition) is 4. The van der Waals surface area contributed by atoms with Gasteiger partial charge in [0.25, 0.3) is 11.6 Å². The van der Waals surface area contributed by atoms with Crippen LogP contribution in [0.2, 0.25) is 0 Å². The Labute approximate surface area is 129 Å². The van der Waals surface area contributed by atoms with Gasteiger partial charge in [0.05, 0.1) is 16.6 Å². The molecule has 1 saturated carbocycles. The maximum atomic E-state index is 12.1. The summed E-state index contributed by atoms with van der Waals surface area (Å²) in [5.41, 5.74) is 0.198. The average molecular weight is 390 g/mol. The van der Waals surface area contributed by atoms with E-state index in [-0.39, 0.29) is 23.6 Å². The van der Waals surface area contributed by atoms with Crippen LogP contribution in [0.15, 0.2) is 18.2 Å². The van der Waals surface area contributed by atoms with Gasteiger partial charge in [-0.3, -0.25) is 14.9 Å². The molecule has 6 nitrogen and oxygen atoms in total. The first-order valence-electron chi connectivity index (χ1n) is 6.39. The topological polar surface area (TPSA) is 92.5 Å². The predicted octanol–water partition coefficient (Wildman–Crippen LogP) is 2.09. The molecule has 1 aliphatic carbocycles. The first kappa shape index (κ1) is 15.2. The zero-order valence-electron chi connectivity index (χ0n) is 10.7. The Morgan fingerprint density at radius 2 is 2.25 bits per heavy atom. The smallest absolute Gasteiger partial charge is 0.270 e. The Morgan fingerprint density at radius 3 is 2.85 bits per heavy atom. The normalized spacial score (nSPS) is 21.7. The van der Waals surface area contributed by atoms with Crippen molar-refractivity contribution in [3.63, 3.8) is 0 Å². The molecule has 0 heterocycles. The molecule has 0 aromatic heterocycles. The minimum atomic E-state index is -0.520. The summed E-state index contributed by atoms with van der Waals surface area (Å²) in [5, 5.41) is 23.2. The van der Waals surface area contributed by atoms with E-state index in [1.54, 1.807) is 6.07 Å². The zero-order chi connectivity index (χ0) is 14.7. The molecule has 2 unspecified atom stereocenters. The van der Waals surface area contributed by atoms with Crippen LogP contribution >= 0.6 is 22.6 Å². The van der Waals surface area contributed by atoms with Gasteiger partial charge in [-0.25, -0.2) is 0 Å². The summed E-state index contributed by atoms with van der Waals surface area (Å²) in [6, 6.07) is 4.21. The number of nitrogens with zero attached hydrogens (tertiary/aromatic N) is 1. The van der Waals surface area contributed by atoms with Crippen molar-refractivity contribution >= 4 is 34.2 Å². The number of non-ortho nitro benzene ring substituents is 1. The molecule has 1 fully saturated rings. The van der Waals surface area contributed by atoms with E-state index in [0.717, 1.165) is 19.3 Å². The van der Waals surface area contributed by atoms with Crippen molar-refractivity contribution in [2.45, 2.75) is 25.4 Å². The second kappa shape index (κ2) is 6.49. The number of nitrogens with one attached hydrogen (secondary N) is 1. The largest absolute Gasteiger partial charge is 0.393 e. The lowest BCUT2D eigenvalue weighted by Gasteiger charge is -2.15.